The maximum atomic E-state index is 12.2. The first-order chi connectivity index (χ1) is 13.1. The largest absolute Gasteiger partial charge is 0.508 e. The van der Waals surface area contributed by atoms with E-state index in [0.29, 0.717) is 30.4 Å². The lowest BCUT2D eigenvalue weighted by atomic mass is 9.43. The summed E-state index contributed by atoms with van der Waals surface area (Å²) in [5.41, 5.74) is 1.61. The normalized spacial score (nSPS) is 40.5. The number of aromatic hydroxyl groups is 1. The molecular formula is C23H31NO4. The lowest BCUT2D eigenvalue weighted by Crippen LogP contribution is -2.66. The molecule has 2 aliphatic heterocycles. The van der Waals surface area contributed by atoms with Crippen LogP contribution in [0.25, 0.3) is 0 Å². The molecule has 2 saturated carbocycles. The Hall–Kier alpha value is -1.75. The van der Waals surface area contributed by atoms with Crippen LogP contribution < -0.4 is 10.1 Å². The lowest BCUT2D eigenvalue weighted by Gasteiger charge is -2.64. The Labute approximate surface area is 166 Å². The molecule has 0 aromatic heterocycles. The van der Waals surface area contributed by atoms with Gasteiger partial charge in [0.15, 0.2) is 0 Å². The number of rotatable bonds is 0. The summed E-state index contributed by atoms with van der Waals surface area (Å²) in [5.74, 6) is 1.46. The maximum Gasteiger partial charge on any atom is 0.252 e. The number of phenolic OH excluding ortho intramolecular Hbond substituents is 1. The Balaban J connectivity index is 1.65. The molecule has 2 heterocycles. The van der Waals surface area contributed by atoms with Crippen LogP contribution in [0.1, 0.15) is 74.9 Å². The molecule has 152 valence electrons. The van der Waals surface area contributed by atoms with Gasteiger partial charge in [0, 0.05) is 29.5 Å². The number of benzene rings is 1. The highest BCUT2D eigenvalue weighted by atomic mass is 16.5. The van der Waals surface area contributed by atoms with Gasteiger partial charge in [-0.25, -0.2) is 0 Å². The molecule has 5 heteroatoms. The van der Waals surface area contributed by atoms with E-state index >= 15 is 0 Å². The summed E-state index contributed by atoms with van der Waals surface area (Å²) in [6.07, 6.45) is 4.21. The van der Waals surface area contributed by atoms with Crippen molar-refractivity contribution in [2.45, 2.75) is 78.0 Å². The average molecular weight is 386 g/mol. The molecule has 1 aromatic carbocycles. The van der Waals surface area contributed by atoms with Crippen LogP contribution in [0.3, 0.4) is 0 Å². The van der Waals surface area contributed by atoms with Crippen LogP contribution in [0, 0.1) is 22.7 Å². The van der Waals surface area contributed by atoms with E-state index < -0.39 is 5.60 Å². The fourth-order valence-corrected chi connectivity index (χ4v) is 7.19. The third-order valence-corrected chi connectivity index (χ3v) is 8.97. The van der Waals surface area contributed by atoms with E-state index in [4.69, 9.17) is 4.74 Å². The number of ether oxygens (including phenoxy) is 1. The Bertz CT molecular complexity index is 878. The van der Waals surface area contributed by atoms with E-state index in [1.54, 1.807) is 6.07 Å². The quantitative estimate of drug-likeness (QED) is 0.638. The molecule has 1 amide bonds. The lowest BCUT2D eigenvalue weighted by molar-refractivity contribution is -0.210. The van der Waals surface area contributed by atoms with Crippen molar-refractivity contribution in [3.63, 3.8) is 0 Å². The summed E-state index contributed by atoms with van der Waals surface area (Å²) < 4.78 is 6.89. The van der Waals surface area contributed by atoms with Gasteiger partial charge in [0.05, 0.1) is 11.7 Å². The molecule has 5 nitrogen and oxygen atoms in total. The van der Waals surface area contributed by atoms with Crippen LogP contribution in [0.4, 0.5) is 0 Å². The van der Waals surface area contributed by atoms with Gasteiger partial charge >= 0.3 is 0 Å². The van der Waals surface area contributed by atoms with Gasteiger partial charge in [0.2, 0.25) is 0 Å². The summed E-state index contributed by atoms with van der Waals surface area (Å²) in [6, 6.07) is 1.61. The molecule has 2 aliphatic carbocycles. The molecule has 1 spiro atoms. The van der Waals surface area contributed by atoms with E-state index in [2.05, 4.69) is 33.0 Å². The topological polar surface area (TPSA) is 78.8 Å². The summed E-state index contributed by atoms with van der Waals surface area (Å²) in [4.78, 5) is 12.2. The summed E-state index contributed by atoms with van der Waals surface area (Å²) in [5, 5.41) is 24.3. The van der Waals surface area contributed by atoms with E-state index in [-0.39, 0.29) is 28.6 Å². The van der Waals surface area contributed by atoms with Gasteiger partial charge in [-0.15, -0.1) is 0 Å². The zero-order chi connectivity index (χ0) is 20.1. The first-order valence-electron chi connectivity index (χ1n) is 10.6. The van der Waals surface area contributed by atoms with Gasteiger partial charge < -0.3 is 20.3 Å². The number of aliphatic hydroxyl groups is 1. The SMILES string of the molecule is CC1CCC2C(C)(C)C(O)CCC2(C)C12Cc1c(O)cc3c(c1O2)CNC3=O. The minimum Gasteiger partial charge on any atom is -0.508 e. The molecule has 0 bridgehead atoms. The molecule has 2 fully saturated rings. The van der Waals surface area contributed by atoms with Crippen molar-refractivity contribution in [2.24, 2.45) is 22.7 Å². The zero-order valence-electron chi connectivity index (χ0n) is 17.3. The molecular weight excluding hydrogens is 354 g/mol. The number of carbonyl (C=O) groups is 1. The Morgan fingerprint density at radius 1 is 1.18 bits per heavy atom. The maximum absolute atomic E-state index is 12.2. The van der Waals surface area contributed by atoms with Crippen LogP contribution in [0.5, 0.6) is 11.5 Å². The predicted molar refractivity (Wildman–Crippen MR) is 105 cm³/mol. The summed E-state index contributed by atoms with van der Waals surface area (Å²) in [6.45, 7) is 9.47. The number of hydrogen-bond acceptors (Lipinski definition) is 4. The van der Waals surface area contributed by atoms with Crippen LogP contribution in [-0.2, 0) is 13.0 Å². The second-order valence-electron chi connectivity index (χ2n) is 10.4. The van der Waals surface area contributed by atoms with Crippen molar-refractivity contribution in [3.05, 3.63) is 22.8 Å². The van der Waals surface area contributed by atoms with Crippen LogP contribution in [0.2, 0.25) is 0 Å². The third-order valence-electron chi connectivity index (χ3n) is 8.97. The number of phenols is 1. The Morgan fingerprint density at radius 3 is 2.68 bits per heavy atom. The minimum absolute atomic E-state index is 0.0955. The van der Waals surface area contributed by atoms with Gasteiger partial charge in [-0.05, 0) is 49.0 Å². The Morgan fingerprint density at radius 2 is 1.93 bits per heavy atom. The minimum atomic E-state index is -0.409. The highest BCUT2D eigenvalue weighted by Gasteiger charge is 2.67. The molecule has 3 N–H and O–H groups in total. The first-order valence-corrected chi connectivity index (χ1v) is 10.6. The number of amides is 1. The van der Waals surface area contributed by atoms with E-state index in [1.165, 1.54) is 0 Å². The standard InChI is InChI=1S/C23H31NO4/c1-12-5-6-17-21(2,3)18(26)7-8-22(17,4)23(12)10-14-16(25)9-13-15(19(14)28-23)11-24-20(13)27/h9,12,17-18,25-26H,5-8,10-11H2,1-4H3,(H,24,27). The molecule has 1 aromatic rings. The second kappa shape index (κ2) is 5.44. The highest BCUT2D eigenvalue weighted by molar-refractivity contribution is 6.00. The number of hydrogen-bond donors (Lipinski definition) is 3. The molecule has 5 unspecified atom stereocenters. The molecule has 4 aliphatic rings. The van der Waals surface area contributed by atoms with Gasteiger partial charge in [0.25, 0.3) is 5.91 Å². The second-order valence-corrected chi connectivity index (χ2v) is 10.4. The number of carbonyl (C=O) groups excluding carboxylic acids is 1. The van der Waals surface area contributed by atoms with Crippen LogP contribution in [-0.4, -0.2) is 27.8 Å². The van der Waals surface area contributed by atoms with Gasteiger partial charge in [-0.2, -0.15) is 0 Å². The molecule has 28 heavy (non-hydrogen) atoms. The van der Waals surface area contributed by atoms with Gasteiger partial charge in [-0.3, -0.25) is 4.79 Å². The molecule has 5 rings (SSSR count). The highest BCUT2D eigenvalue weighted by Crippen LogP contribution is 2.67. The smallest absolute Gasteiger partial charge is 0.252 e. The molecule has 5 atom stereocenters. The average Bonchev–Trinajstić information content (AvgIpc) is 3.20. The summed E-state index contributed by atoms with van der Waals surface area (Å²) >= 11 is 0. The van der Waals surface area contributed by atoms with Crippen LogP contribution >= 0.6 is 0 Å². The van der Waals surface area contributed by atoms with Crippen molar-refractivity contribution >= 4 is 5.91 Å². The predicted octanol–water partition coefficient (Wildman–Crippen LogP) is 3.54. The van der Waals surface area contributed by atoms with Crippen LogP contribution in [0.15, 0.2) is 6.07 Å². The van der Waals surface area contributed by atoms with Crippen molar-refractivity contribution in [1.82, 2.24) is 5.32 Å². The monoisotopic (exact) mass is 385 g/mol. The molecule has 0 saturated heterocycles. The van der Waals surface area contributed by atoms with Crippen molar-refractivity contribution in [1.29, 1.82) is 0 Å². The van der Waals surface area contributed by atoms with E-state index in [0.717, 1.165) is 42.6 Å². The fourth-order valence-electron chi connectivity index (χ4n) is 7.19. The van der Waals surface area contributed by atoms with Gasteiger partial charge in [-0.1, -0.05) is 27.7 Å². The number of fused-ring (bicyclic) bond motifs is 5. The van der Waals surface area contributed by atoms with Crippen molar-refractivity contribution < 1.29 is 19.7 Å². The number of nitrogens with one attached hydrogen (secondary N) is 1. The fraction of sp³-hybridized carbons (Fsp3) is 0.696. The van der Waals surface area contributed by atoms with Crippen molar-refractivity contribution in [3.8, 4) is 11.5 Å². The van der Waals surface area contributed by atoms with E-state index in [9.17, 15) is 15.0 Å². The van der Waals surface area contributed by atoms with E-state index in [1.807, 2.05) is 0 Å². The Kier molecular flexibility index (Phi) is 3.55. The zero-order valence-corrected chi connectivity index (χ0v) is 17.3. The van der Waals surface area contributed by atoms with Crippen molar-refractivity contribution in [2.75, 3.05) is 0 Å². The number of aliphatic hydroxyl groups excluding tert-OH is 1. The third kappa shape index (κ3) is 1.99. The summed E-state index contributed by atoms with van der Waals surface area (Å²) in [7, 11) is 0. The first kappa shape index (κ1) is 18.3. The molecule has 0 radical (unpaired) electrons. The van der Waals surface area contributed by atoms with Gasteiger partial charge in [0.1, 0.15) is 17.1 Å².